The molecule has 1 saturated carbocycles. The lowest BCUT2D eigenvalue weighted by atomic mass is 9.84. The standard InChI is InChI=1S/C29H39N4O4/c1-20-32(18-22-12-13-25-27(28(22)34)23-10-6-7-11-24(23)31(25)2)16-17-33(20)19-36-29(35)37-26(14-15-30)21-8-4-3-5-9-21/h6-7,10-11,16-17,21-22,26H,3-5,8-9,12-15,18-19,30H2,1-2H3/q+1. The summed E-state index contributed by atoms with van der Waals surface area (Å²) >= 11 is 0. The van der Waals surface area contributed by atoms with E-state index in [0.29, 0.717) is 25.4 Å². The summed E-state index contributed by atoms with van der Waals surface area (Å²) in [4.78, 5) is 26.0. The van der Waals surface area contributed by atoms with Crippen LogP contribution in [0, 0.1) is 18.8 Å². The first kappa shape index (κ1) is 25.5. The molecule has 1 fully saturated rings. The van der Waals surface area contributed by atoms with Gasteiger partial charge in [0.1, 0.15) is 25.0 Å². The van der Waals surface area contributed by atoms with E-state index in [1.54, 1.807) is 0 Å². The van der Waals surface area contributed by atoms with E-state index in [1.807, 2.05) is 49.1 Å². The highest BCUT2D eigenvalue weighted by Gasteiger charge is 2.34. The Bertz CT molecular complexity index is 1270. The molecule has 0 saturated heterocycles. The molecule has 1 aromatic carbocycles. The van der Waals surface area contributed by atoms with Crippen LogP contribution in [-0.2, 0) is 36.2 Å². The summed E-state index contributed by atoms with van der Waals surface area (Å²) in [7, 11) is 2.05. The molecule has 2 aromatic heterocycles. The van der Waals surface area contributed by atoms with Crippen molar-refractivity contribution in [2.45, 2.75) is 77.7 Å². The molecule has 2 aliphatic rings. The van der Waals surface area contributed by atoms with Crippen LogP contribution in [0.2, 0.25) is 0 Å². The molecular weight excluding hydrogens is 468 g/mol. The molecule has 2 heterocycles. The third kappa shape index (κ3) is 5.17. The second-order valence-corrected chi connectivity index (χ2v) is 10.6. The predicted molar refractivity (Wildman–Crippen MR) is 140 cm³/mol. The Balaban J connectivity index is 1.21. The zero-order valence-corrected chi connectivity index (χ0v) is 22.0. The molecule has 0 aliphatic heterocycles. The summed E-state index contributed by atoms with van der Waals surface area (Å²) in [5.41, 5.74) is 8.90. The van der Waals surface area contributed by atoms with Gasteiger partial charge in [-0.2, -0.15) is 4.57 Å². The highest BCUT2D eigenvalue weighted by atomic mass is 16.7. The van der Waals surface area contributed by atoms with Crippen LogP contribution < -0.4 is 10.3 Å². The van der Waals surface area contributed by atoms with Crippen molar-refractivity contribution < 1.29 is 23.6 Å². The number of ketones is 1. The zero-order chi connectivity index (χ0) is 25.9. The molecule has 198 valence electrons. The molecule has 0 amide bonds. The number of nitrogens with zero attached hydrogens (tertiary/aromatic N) is 3. The van der Waals surface area contributed by atoms with Crippen molar-refractivity contribution in [3.8, 4) is 0 Å². The molecule has 8 heteroatoms. The molecule has 2 atom stereocenters. The van der Waals surface area contributed by atoms with Crippen LogP contribution in [0.1, 0.15) is 66.8 Å². The fraction of sp³-hybridized carbons (Fsp3) is 0.552. The fourth-order valence-electron chi connectivity index (χ4n) is 6.28. The molecule has 0 spiro atoms. The summed E-state index contributed by atoms with van der Waals surface area (Å²) in [5.74, 6) is 1.42. The third-order valence-electron chi connectivity index (χ3n) is 8.45. The van der Waals surface area contributed by atoms with E-state index in [9.17, 15) is 9.59 Å². The van der Waals surface area contributed by atoms with Gasteiger partial charge in [-0.25, -0.2) is 9.36 Å². The molecule has 5 rings (SSSR count). The van der Waals surface area contributed by atoms with E-state index >= 15 is 0 Å². The first-order valence-electron chi connectivity index (χ1n) is 13.7. The minimum Gasteiger partial charge on any atom is -0.431 e. The average molecular weight is 508 g/mol. The van der Waals surface area contributed by atoms with Crippen LogP contribution in [0.5, 0.6) is 0 Å². The van der Waals surface area contributed by atoms with Crippen molar-refractivity contribution in [3.05, 3.63) is 53.7 Å². The van der Waals surface area contributed by atoms with Crippen LogP contribution in [0.4, 0.5) is 4.79 Å². The number of hydrogen-bond donors (Lipinski definition) is 1. The maximum atomic E-state index is 13.5. The number of carbonyl (C=O) groups is 2. The number of para-hydroxylation sites is 1. The summed E-state index contributed by atoms with van der Waals surface area (Å²) in [6.07, 6.45) is 11.2. The lowest BCUT2D eigenvalue weighted by molar-refractivity contribution is -0.732. The lowest BCUT2D eigenvalue weighted by Gasteiger charge is -2.29. The SMILES string of the molecule is Cc1n(CC2CCc3c(c4ccccc4n3C)C2=O)cc[n+]1COC(=O)OC(CCN)C1CCCCC1. The van der Waals surface area contributed by atoms with Gasteiger partial charge in [0.15, 0.2) is 5.78 Å². The van der Waals surface area contributed by atoms with Crippen LogP contribution >= 0.6 is 0 Å². The van der Waals surface area contributed by atoms with E-state index in [0.717, 1.165) is 53.7 Å². The Kier molecular flexibility index (Phi) is 7.65. The third-order valence-corrected chi connectivity index (χ3v) is 8.45. The number of aryl methyl sites for hydroxylation is 1. The van der Waals surface area contributed by atoms with Gasteiger partial charge in [-0.1, -0.05) is 37.5 Å². The molecule has 8 nitrogen and oxygen atoms in total. The topological polar surface area (TPSA) is 92.4 Å². The number of hydrogen-bond acceptors (Lipinski definition) is 5. The Morgan fingerprint density at radius 2 is 1.97 bits per heavy atom. The number of fused-ring (bicyclic) bond motifs is 3. The number of ether oxygens (including phenoxy) is 2. The predicted octanol–water partition coefficient (Wildman–Crippen LogP) is 4.43. The monoisotopic (exact) mass is 507 g/mol. The van der Waals surface area contributed by atoms with Gasteiger partial charge in [0, 0.05) is 36.1 Å². The largest absolute Gasteiger partial charge is 0.511 e. The summed E-state index contributed by atoms with van der Waals surface area (Å²) in [5, 5.41) is 1.04. The normalized spacial score (nSPS) is 19.1. The molecular formula is C29H39N4O4+. The fourth-order valence-corrected chi connectivity index (χ4v) is 6.28. The van der Waals surface area contributed by atoms with E-state index in [2.05, 4.69) is 15.2 Å². The Morgan fingerprint density at radius 3 is 2.76 bits per heavy atom. The van der Waals surface area contributed by atoms with E-state index < -0.39 is 6.16 Å². The maximum Gasteiger partial charge on any atom is 0.511 e. The van der Waals surface area contributed by atoms with Crippen molar-refractivity contribution in [3.63, 3.8) is 0 Å². The van der Waals surface area contributed by atoms with Crippen LogP contribution in [0.3, 0.4) is 0 Å². The van der Waals surface area contributed by atoms with Gasteiger partial charge in [-0.3, -0.25) is 4.79 Å². The number of imidazole rings is 1. The van der Waals surface area contributed by atoms with Crippen molar-refractivity contribution in [2.75, 3.05) is 6.54 Å². The molecule has 2 aliphatic carbocycles. The van der Waals surface area contributed by atoms with Gasteiger partial charge >= 0.3 is 6.16 Å². The zero-order valence-electron chi connectivity index (χ0n) is 22.0. The summed E-state index contributed by atoms with van der Waals surface area (Å²) < 4.78 is 17.3. The van der Waals surface area contributed by atoms with Gasteiger partial charge < -0.3 is 19.8 Å². The van der Waals surface area contributed by atoms with Gasteiger partial charge in [0.2, 0.25) is 6.73 Å². The minimum absolute atomic E-state index is 0.0732. The number of aromatic nitrogens is 3. The van der Waals surface area contributed by atoms with E-state index in [1.165, 1.54) is 19.3 Å². The van der Waals surface area contributed by atoms with E-state index in [4.69, 9.17) is 15.2 Å². The van der Waals surface area contributed by atoms with Gasteiger partial charge in [-0.05, 0) is 50.6 Å². The number of benzene rings is 1. The van der Waals surface area contributed by atoms with Crippen LogP contribution in [-0.4, -0.2) is 33.7 Å². The molecule has 0 bridgehead atoms. The Morgan fingerprint density at radius 1 is 1.19 bits per heavy atom. The smallest absolute Gasteiger partial charge is 0.431 e. The van der Waals surface area contributed by atoms with Crippen molar-refractivity contribution >= 4 is 22.8 Å². The number of carbonyl (C=O) groups excluding carboxylic acids is 2. The molecule has 0 radical (unpaired) electrons. The number of Topliss-reactive ketones (excluding diaryl/α,β-unsaturated/α-hetero) is 1. The molecule has 37 heavy (non-hydrogen) atoms. The number of rotatable bonds is 8. The van der Waals surface area contributed by atoms with E-state index in [-0.39, 0.29) is 24.5 Å². The lowest BCUT2D eigenvalue weighted by Crippen LogP contribution is -2.39. The highest BCUT2D eigenvalue weighted by molar-refractivity contribution is 6.11. The molecule has 2 unspecified atom stereocenters. The summed E-state index contributed by atoms with van der Waals surface area (Å²) in [6, 6.07) is 8.14. The average Bonchev–Trinajstić information content (AvgIpc) is 3.41. The van der Waals surface area contributed by atoms with Crippen molar-refractivity contribution in [1.82, 2.24) is 9.13 Å². The second kappa shape index (κ2) is 11.1. The van der Waals surface area contributed by atoms with Gasteiger partial charge in [0.25, 0.3) is 5.82 Å². The van der Waals surface area contributed by atoms with Gasteiger partial charge in [0.05, 0.1) is 5.92 Å². The van der Waals surface area contributed by atoms with Crippen molar-refractivity contribution in [1.29, 1.82) is 0 Å². The Labute approximate surface area is 218 Å². The minimum atomic E-state index is -0.644. The maximum absolute atomic E-state index is 13.5. The number of nitrogens with two attached hydrogens (primary N) is 1. The first-order chi connectivity index (χ1) is 18.0. The second-order valence-electron chi connectivity index (χ2n) is 10.6. The Hall–Kier alpha value is -3.13. The molecule has 2 N–H and O–H groups in total. The quantitative estimate of drug-likeness (QED) is 0.360. The van der Waals surface area contributed by atoms with Crippen LogP contribution in [0.15, 0.2) is 36.7 Å². The van der Waals surface area contributed by atoms with Gasteiger partial charge in [-0.15, -0.1) is 0 Å². The highest BCUT2D eigenvalue weighted by Crippen LogP contribution is 2.34. The molecule has 3 aromatic rings. The summed E-state index contributed by atoms with van der Waals surface area (Å²) in [6.45, 7) is 3.14. The van der Waals surface area contributed by atoms with Crippen molar-refractivity contribution in [2.24, 2.45) is 24.6 Å². The first-order valence-corrected chi connectivity index (χ1v) is 13.7. The van der Waals surface area contributed by atoms with Crippen LogP contribution in [0.25, 0.3) is 10.9 Å².